The molecule has 3 aromatic rings. The predicted molar refractivity (Wildman–Crippen MR) is 159 cm³/mol. The third-order valence-corrected chi connectivity index (χ3v) is 9.53. The summed E-state index contributed by atoms with van der Waals surface area (Å²) in [7, 11) is 1.95. The van der Waals surface area contributed by atoms with Crippen LogP contribution in [0.4, 0.5) is 27.5 Å². The van der Waals surface area contributed by atoms with Gasteiger partial charge in [0.2, 0.25) is 11.9 Å². The number of rotatable bonds is 0. The molecule has 1 saturated carbocycles. The molecule has 8 bridgehead atoms. The van der Waals surface area contributed by atoms with Crippen molar-refractivity contribution >= 4 is 29.0 Å². The number of carbonyl (C=O) groups excluding carboxylic acids is 1. The van der Waals surface area contributed by atoms with Crippen LogP contribution in [0.25, 0.3) is 11.1 Å². The number of anilines is 4. The van der Waals surface area contributed by atoms with Crippen molar-refractivity contribution in [1.82, 2.24) is 25.2 Å². The molecule has 6 aliphatic heterocycles. The highest BCUT2D eigenvalue weighted by atomic mass is 19.1. The Hall–Kier alpha value is -3.83. The molecule has 3 fully saturated rings. The van der Waals surface area contributed by atoms with Crippen LogP contribution in [0.15, 0.2) is 48.9 Å². The minimum absolute atomic E-state index is 0.0378. The lowest BCUT2D eigenvalue weighted by Crippen LogP contribution is -2.54. The molecule has 10 nitrogen and oxygen atoms in total. The summed E-state index contributed by atoms with van der Waals surface area (Å²) in [6, 6.07) is 9.34. The van der Waals surface area contributed by atoms with Crippen molar-refractivity contribution in [3.8, 4) is 11.1 Å². The minimum atomic E-state index is -0.463. The Kier molecular flexibility index (Phi) is 6.94. The molecule has 42 heavy (non-hydrogen) atoms. The van der Waals surface area contributed by atoms with Gasteiger partial charge in [0.1, 0.15) is 11.4 Å². The first kappa shape index (κ1) is 27.0. The van der Waals surface area contributed by atoms with Crippen LogP contribution in [0.5, 0.6) is 0 Å². The molecule has 1 amide bonds. The number of carbonyl (C=O) groups is 1. The first-order valence-corrected chi connectivity index (χ1v) is 15.0. The number of pyridine rings is 1. The van der Waals surface area contributed by atoms with Crippen LogP contribution >= 0.6 is 0 Å². The first-order valence-electron chi connectivity index (χ1n) is 15.0. The third kappa shape index (κ3) is 4.94. The number of amides is 1. The Balaban J connectivity index is 1.21. The summed E-state index contributed by atoms with van der Waals surface area (Å²) in [6.45, 7) is 2.59. The summed E-state index contributed by atoms with van der Waals surface area (Å²) in [6.07, 6.45) is 9.52. The Morgan fingerprint density at radius 3 is 2.57 bits per heavy atom. The Labute approximate surface area is 245 Å². The standard InChI is InChI=1S/C31H37FN8O2/c1-38-22-7-13-39(14-8-22)31(9-10-31)29(42)34-12-6-23-16-24(41)19-40(23)30-35-17-21(18-36-30)20-5-11-33-27(15-20)37-25-3-2-4-26(38)28(25)32/h2-5,11,15,17-18,22-24,41H,6-10,12-14,16,19H2,1H3,(H,33,37)(H,34,42). The summed E-state index contributed by atoms with van der Waals surface area (Å²) >= 11 is 0. The van der Waals surface area contributed by atoms with Gasteiger partial charge in [-0.25, -0.2) is 19.3 Å². The summed E-state index contributed by atoms with van der Waals surface area (Å²) < 4.78 is 15.8. The van der Waals surface area contributed by atoms with Gasteiger partial charge in [0.05, 0.1) is 17.5 Å². The second-order valence-corrected chi connectivity index (χ2v) is 12.1. The van der Waals surface area contributed by atoms with Gasteiger partial charge in [0.15, 0.2) is 5.82 Å². The van der Waals surface area contributed by atoms with Crippen LogP contribution < -0.4 is 20.4 Å². The van der Waals surface area contributed by atoms with Gasteiger partial charge >= 0.3 is 0 Å². The first-order chi connectivity index (χ1) is 20.4. The van der Waals surface area contributed by atoms with E-state index in [9.17, 15) is 9.90 Å². The number of aliphatic hydroxyl groups excluding tert-OH is 1. The maximum absolute atomic E-state index is 15.8. The van der Waals surface area contributed by atoms with E-state index >= 15 is 4.39 Å². The molecule has 2 unspecified atom stereocenters. The molecule has 220 valence electrons. The maximum Gasteiger partial charge on any atom is 0.240 e. The zero-order chi connectivity index (χ0) is 28.8. The number of hydrogen-bond acceptors (Lipinski definition) is 9. The lowest BCUT2D eigenvalue weighted by atomic mass is 9.99. The highest BCUT2D eigenvalue weighted by Crippen LogP contribution is 2.44. The lowest BCUT2D eigenvalue weighted by molar-refractivity contribution is -0.128. The molecular weight excluding hydrogens is 535 g/mol. The number of aliphatic hydroxyl groups is 1. The van der Waals surface area contributed by atoms with E-state index < -0.39 is 11.6 Å². The van der Waals surface area contributed by atoms with Gasteiger partial charge in [-0.1, -0.05) is 6.07 Å². The van der Waals surface area contributed by atoms with E-state index in [0.29, 0.717) is 49.1 Å². The monoisotopic (exact) mass is 572 g/mol. The van der Waals surface area contributed by atoms with Crippen molar-refractivity contribution < 1.29 is 14.3 Å². The van der Waals surface area contributed by atoms with Crippen LogP contribution in [-0.4, -0.2) is 87.8 Å². The molecule has 1 aliphatic carbocycles. The summed E-state index contributed by atoms with van der Waals surface area (Å²) in [5.41, 5.74) is 2.14. The fourth-order valence-corrected chi connectivity index (χ4v) is 6.93. The zero-order valence-corrected chi connectivity index (χ0v) is 23.8. The van der Waals surface area contributed by atoms with Crippen molar-refractivity contribution in [2.75, 3.05) is 48.3 Å². The average molecular weight is 573 g/mol. The lowest BCUT2D eigenvalue weighted by Gasteiger charge is -2.41. The van der Waals surface area contributed by atoms with Gasteiger partial charge in [0, 0.05) is 69.5 Å². The molecule has 7 aliphatic rings. The van der Waals surface area contributed by atoms with Crippen molar-refractivity contribution in [1.29, 1.82) is 0 Å². The largest absolute Gasteiger partial charge is 0.391 e. The van der Waals surface area contributed by atoms with E-state index in [4.69, 9.17) is 0 Å². The van der Waals surface area contributed by atoms with E-state index in [1.54, 1.807) is 24.7 Å². The van der Waals surface area contributed by atoms with Crippen LogP contribution in [-0.2, 0) is 4.79 Å². The number of hydrogen-bond donors (Lipinski definition) is 3. The molecule has 8 heterocycles. The molecule has 2 atom stereocenters. The van der Waals surface area contributed by atoms with E-state index in [2.05, 4.69) is 30.5 Å². The van der Waals surface area contributed by atoms with E-state index in [0.717, 1.165) is 49.9 Å². The van der Waals surface area contributed by atoms with Crippen LogP contribution in [0.2, 0.25) is 0 Å². The highest BCUT2D eigenvalue weighted by Gasteiger charge is 2.55. The summed E-state index contributed by atoms with van der Waals surface area (Å²) in [4.78, 5) is 33.5. The Morgan fingerprint density at radius 1 is 1.02 bits per heavy atom. The smallest absolute Gasteiger partial charge is 0.240 e. The molecule has 10 rings (SSSR count). The van der Waals surface area contributed by atoms with Crippen LogP contribution in [0.3, 0.4) is 0 Å². The number of piperidine rings is 1. The van der Waals surface area contributed by atoms with Gasteiger partial charge < -0.3 is 25.5 Å². The van der Waals surface area contributed by atoms with Crippen molar-refractivity contribution in [3.63, 3.8) is 0 Å². The van der Waals surface area contributed by atoms with Gasteiger partial charge in [-0.15, -0.1) is 0 Å². The van der Waals surface area contributed by atoms with Gasteiger partial charge in [-0.05, 0) is 68.4 Å². The van der Waals surface area contributed by atoms with Crippen LogP contribution in [0, 0.1) is 5.82 Å². The molecule has 3 N–H and O–H groups in total. The third-order valence-electron chi connectivity index (χ3n) is 9.53. The fourth-order valence-electron chi connectivity index (χ4n) is 6.93. The predicted octanol–water partition coefficient (Wildman–Crippen LogP) is 3.31. The molecule has 2 saturated heterocycles. The molecule has 2 aromatic heterocycles. The van der Waals surface area contributed by atoms with Gasteiger partial charge in [-0.3, -0.25) is 9.69 Å². The highest BCUT2D eigenvalue weighted by molar-refractivity contribution is 5.89. The molecule has 11 heteroatoms. The van der Waals surface area contributed by atoms with Crippen LogP contribution in [0.1, 0.15) is 38.5 Å². The second-order valence-electron chi connectivity index (χ2n) is 12.1. The average Bonchev–Trinajstić information content (AvgIpc) is 3.74. The van der Waals surface area contributed by atoms with E-state index in [1.807, 2.05) is 41.1 Å². The fraction of sp³-hybridized carbons (Fsp3) is 0.484. The second kappa shape index (κ2) is 10.8. The normalized spacial score (nSPS) is 27.0. The summed E-state index contributed by atoms with van der Waals surface area (Å²) in [5, 5.41) is 16.8. The number of halogens is 1. The molecular formula is C31H37FN8O2. The number of nitrogens with zero attached hydrogens (tertiary/aromatic N) is 6. The van der Waals surface area contributed by atoms with Crippen molar-refractivity contribution in [2.45, 2.75) is 62.3 Å². The minimum Gasteiger partial charge on any atom is -0.391 e. The van der Waals surface area contributed by atoms with E-state index in [1.165, 1.54) is 0 Å². The number of aromatic nitrogens is 3. The topological polar surface area (TPSA) is 110 Å². The van der Waals surface area contributed by atoms with Gasteiger partial charge in [-0.2, -0.15) is 0 Å². The number of benzene rings is 1. The maximum atomic E-state index is 15.8. The SMILES string of the molecule is CN1c2cccc(c2F)Nc2cc(ccn2)-c2cnc(nc2)N2CC(O)CC2CCNC(=O)C2(CC2)N2CCC1CC2. The van der Waals surface area contributed by atoms with Crippen molar-refractivity contribution in [2.24, 2.45) is 0 Å². The zero-order valence-electron chi connectivity index (χ0n) is 23.8. The van der Waals surface area contributed by atoms with Crippen molar-refractivity contribution in [3.05, 3.63) is 54.7 Å². The molecule has 0 radical (unpaired) electrons. The summed E-state index contributed by atoms with van der Waals surface area (Å²) in [5.74, 6) is 0.859. The Morgan fingerprint density at radius 2 is 1.81 bits per heavy atom. The molecule has 1 spiro atoms. The molecule has 1 aromatic carbocycles. The quantitative estimate of drug-likeness (QED) is 0.374. The number of nitrogens with one attached hydrogen (secondary N) is 2. The van der Waals surface area contributed by atoms with E-state index in [-0.39, 0.29) is 23.8 Å². The Bertz CT molecular complexity index is 1460. The van der Waals surface area contributed by atoms with Gasteiger partial charge in [0.25, 0.3) is 0 Å².